The zero-order valence-corrected chi connectivity index (χ0v) is 11.7. The van der Waals surface area contributed by atoms with Gasteiger partial charge in [-0.25, -0.2) is 4.79 Å². The molecule has 1 aromatic rings. The molecule has 0 saturated heterocycles. The molecule has 1 fully saturated rings. The van der Waals surface area contributed by atoms with E-state index in [-0.39, 0.29) is 11.6 Å². The molecule has 1 aliphatic carbocycles. The Balaban J connectivity index is 2.05. The first-order valence-electron chi connectivity index (χ1n) is 6.56. The van der Waals surface area contributed by atoms with E-state index in [0.717, 1.165) is 12.8 Å². The molecule has 2 rings (SSSR count). The Hall–Kier alpha value is -1.45. The summed E-state index contributed by atoms with van der Waals surface area (Å²) in [7, 11) is 2.02. The third kappa shape index (κ3) is 3.28. The second kappa shape index (κ2) is 4.67. The average Bonchev–Trinajstić information content (AvgIpc) is 2.97. The van der Waals surface area contributed by atoms with Gasteiger partial charge in [0.25, 0.3) is 0 Å². The van der Waals surface area contributed by atoms with Crippen molar-refractivity contribution in [2.75, 3.05) is 0 Å². The molecule has 0 aromatic carbocycles. The molecule has 0 unspecified atom stereocenters. The fourth-order valence-corrected chi connectivity index (χ4v) is 1.98. The predicted octanol–water partition coefficient (Wildman–Crippen LogP) is 2.50. The summed E-state index contributed by atoms with van der Waals surface area (Å²) in [6.07, 6.45) is 4.27. The Morgan fingerprint density at radius 3 is 2.61 bits per heavy atom. The average molecular weight is 249 g/mol. The molecule has 0 spiro atoms. The van der Waals surface area contributed by atoms with Crippen LogP contribution in [0.25, 0.3) is 0 Å². The number of aryl methyl sites for hydroxylation is 1. The Morgan fingerprint density at radius 2 is 2.17 bits per heavy atom. The van der Waals surface area contributed by atoms with Crippen LogP contribution in [0.3, 0.4) is 0 Å². The Kier molecular flexibility index (Phi) is 3.37. The standard InChI is InChI=1S/C14H23N3O/c1-14(2,3)15-13(18)17(11-7-8-11)10-12-6-5-9-16(12)4/h5-6,9,11H,7-8,10H2,1-4H3,(H,15,18). The lowest BCUT2D eigenvalue weighted by Crippen LogP contribution is -2.49. The third-order valence-electron chi connectivity index (χ3n) is 3.11. The van der Waals surface area contributed by atoms with Gasteiger partial charge in [0.05, 0.1) is 6.54 Å². The van der Waals surface area contributed by atoms with Crippen molar-refractivity contribution in [2.45, 2.75) is 51.7 Å². The largest absolute Gasteiger partial charge is 0.353 e. The van der Waals surface area contributed by atoms with Gasteiger partial charge in [0.2, 0.25) is 0 Å². The first-order chi connectivity index (χ1) is 8.37. The molecular weight excluding hydrogens is 226 g/mol. The van der Waals surface area contributed by atoms with Crippen molar-refractivity contribution in [1.29, 1.82) is 0 Å². The second-order valence-corrected chi connectivity index (χ2v) is 6.15. The summed E-state index contributed by atoms with van der Waals surface area (Å²) in [4.78, 5) is 14.2. The van der Waals surface area contributed by atoms with Gasteiger partial charge in [-0.3, -0.25) is 0 Å². The summed E-state index contributed by atoms with van der Waals surface area (Å²) in [5, 5.41) is 3.05. The molecule has 1 aromatic heterocycles. The highest BCUT2D eigenvalue weighted by molar-refractivity contribution is 5.75. The Morgan fingerprint density at radius 1 is 1.50 bits per heavy atom. The van der Waals surface area contributed by atoms with Crippen molar-refractivity contribution in [3.05, 3.63) is 24.0 Å². The molecule has 2 amide bonds. The number of hydrogen-bond acceptors (Lipinski definition) is 1. The number of rotatable bonds is 3. The Labute approximate surface area is 109 Å². The van der Waals surface area contributed by atoms with Gasteiger partial charge < -0.3 is 14.8 Å². The number of urea groups is 1. The molecule has 0 atom stereocenters. The van der Waals surface area contributed by atoms with Gasteiger partial charge in [-0.15, -0.1) is 0 Å². The van der Waals surface area contributed by atoms with Crippen LogP contribution in [0, 0.1) is 0 Å². The van der Waals surface area contributed by atoms with E-state index in [0.29, 0.717) is 12.6 Å². The number of nitrogens with one attached hydrogen (secondary N) is 1. The zero-order valence-electron chi connectivity index (χ0n) is 11.7. The monoisotopic (exact) mass is 249 g/mol. The number of aromatic nitrogens is 1. The highest BCUT2D eigenvalue weighted by Crippen LogP contribution is 2.28. The van der Waals surface area contributed by atoms with Crippen molar-refractivity contribution in [2.24, 2.45) is 7.05 Å². The fourth-order valence-electron chi connectivity index (χ4n) is 1.98. The van der Waals surface area contributed by atoms with Crippen LogP contribution in [0.4, 0.5) is 4.79 Å². The molecule has 1 aliphatic rings. The van der Waals surface area contributed by atoms with Crippen molar-refractivity contribution in [3.8, 4) is 0 Å². The fraction of sp³-hybridized carbons (Fsp3) is 0.643. The number of hydrogen-bond donors (Lipinski definition) is 1. The first-order valence-corrected chi connectivity index (χ1v) is 6.56. The summed E-state index contributed by atoms with van der Waals surface area (Å²) >= 11 is 0. The highest BCUT2D eigenvalue weighted by Gasteiger charge is 2.34. The van der Waals surface area contributed by atoms with Crippen LogP contribution in [0.15, 0.2) is 18.3 Å². The molecule has 4 heteroatoms. The number of carbonyl (C=O) groups excluding carboxylic acids is 1. The van der Waals surface area contributed by atoms with Gasteiger partial charge >= 0.3 is 6.03 Å². The molecule has 4 nitrogen and oxygen atoms in total. The molecule has 100 valence electrons. The van der Waals surface area contributed by atoms with Crippen LogP contribution >= 0.6 is 0 Å². The highest BCUT2D eigenvalue weighted by atomic mass is 16.2. The minimum atomic E-state index is -0.182. The molecule has 0 aliphatic heterocycles. The molecule has 1 saturated carbocycles. The number of nitrogens with zero attached hydrogens (tertiary/aromatic N) is 2. The molecule has 0 bridgehead atoms. The molecule has 0 radical (unpaired) electrons. The summed E-state index contributed by atoms with van der Waals surface area (Å²) in [6, 6.07) is 4.55. The van der Waals surface area contributed by atoms with Crippen molar-refractivity contribution < 1.29 is 4.79 Å². The maximum atomic E-state index is 12.3. The first kappa shape index (κ1) is 13.0. The normalized spacial score (nSPS) is 15.6. The van der Waals surface area contributed by atoms with Crippen LogP contribution in [0.2, 0.25) is 0 Å². The summed E-state index contributed by atoms with van der Waals surface area (Å²) in [5.41, 5.74) is 0.990. The van der Waals surface area contributed by atoms with Crippen molar-refractivity contribution >= 4 is 6.03 Å². The lowest BCUT2D eigenvalue weighted by atomic mass is 10.1. The van der Waals surface area contributed by atoms with Crippen LogP contribution in [-0.2, 0) is 13.6 Å². The van der Waals surface area contributed by atoms with E-state index >= 15 is 0 Å². The van der Waals surface area contributed by atoms with Gasteiger partial charge in [-0.05, 0) is 45.7 Å². The lowest BCUT2D eigenvalue weighted by molar-refractivity contribution is 0.181. The van der Waals surface area contributed by atoms with Gasteiger partial charge in [-0.2, -0.15) is 0 Å². The Bertz CT molecular complexity index is 426. The van der Waals surface area contributed by atoms with Crippen LogP contribution in [0.5, 0.6) is 0 Å². The molecular formula is C14H23N3O. The topological polar surface area (TPSA) is 37.3 Å². The van der Waals surface area contributed by atoms with Gasteiger partial charge in [-0.1, -0.05) is 0 Å². The summed E-state index contributed by atoms with van der Waals surface area (Å²) in [6.45, 7) is 6.73. The van der Waals surface area contributed by atoms with E-state index in [1.807, 2.05) is 45.0 Å². The van der Waals surface area contributed by atoms with E-state index in [2.05, 4.69) is 16.0 Å². The van der Waals surface area contributed by atoms with Gasteiger partial charge in [0.15, 0.2) is 0 Å². The van der Waals surface area contributed by atoms with Gasteiger partial charge in [0, 0.05) is 30.5 Å². The lowest BCUT2D eigenvalue weighted by Gasteiger charge is -2.28. The van der Waals surface area contributed by atoms with E-state index in [4.69, 9.17) is 0 Å². The minimum absolute atomic E-state index is 0.0474. The van der Waals surface area contributed by atoms with E-state index in [1.54, 1.807) is 0 Å². The van der Waals surface area contributed by atoms with Crippen LogP contribution in [-0.4, -0.2) is 27.1 Å². The number of carbonyl (C=O) groups is 1. The van der Waals surface area contributed by atoms with E-state index < -0.39 is 0 Å². The maximum absolute atomic E-state index is 12.3. The summed E-state index contributed by atoms with van der Waals surface area (Å²) in [5.74, 6) is 0. The smallest absolute Gasteiger partial charge is 0.318 e. The second-order valence-electron chi connectivity index (χ2n) is 6.15. The van der Waals surface area contributed by atoms with Crippen LogP contribution in [0.1, 0.15) is 39.3 Å². The van der Waals surface area contributed by atoms with Crippen molar-refractivity contribution in [3.63, 3.8) is 0 Å². The van der Waals surface area contributed by atoms with Crippen LogP contribution < -0.4 is 5.32 Å². The minimum Gasteiger partial charge on any atom is -0.353 e. The maximum Gasteiger partial charge on any atom is 0.318 e. The third-order valence-corrected chi connectivity index (χ3v) is 3.11. The zero-order chi connectivity index (χ0) is 13.3. The van der Waals surface area contributed by atoms with Gasteiger partial charge in [0.1, 0.15) is 0 Å². The predicted molar refractivity (Wildman–Crippen MR) is 72.3 cm³/mol. The summed E-state index contributed by atoms with van der Waals surface area (Å²) < 4.78 is 2.07. The van der Waals surface area contributed by atoms with Crippen molar-refractivity contribution in [1.82, 2.24) is 14.8 Å². The molecule has 1 heterocycles. The molecule has 18 heavy (non-hydrogen) atoms. The number of amides is 2. The van der Waals surface area contributed by atoms with E-state index in [9.17, 15) is 4.79 Å². The van der Waals surface area contributed by atoms with E-state index in [1.165, 1.54) is 5.69 Å². The quantitative estimate of drug-likeness (QED) is 0.878. The SMILES string of the molecule is Cn1cccc1CN(C(=O)NC(C)(C)C)C1CC1. The molecule has 1 N–H and O–H groups in total.